The maximum atomic E-state index is 12.2. The summed E-state index contributed by atoms with van der Waals surface area (Å²) < 4.78 is 5.61. The van der Waals surface area contributed by atoms with Crippen LogP contribution in [0.25, 0.3) is 0 Å². The molecule has 0 spiro atoms. The highest BCUT2D eigenvalue weighted by Crippen LogP contribution is 2.24. The summed E-state index contributed by atoms with van der Waals surface area (Å²) in [4.78, 5) is 32.0. The van der Waals surface area contributed by atoms with E-state index in [1.165, 1.54) is 0 Å². The number of hydrogen-bond acceptors (Lipinski definition) is 4. The molecule has 0 aliphatic carbocycles. The van der Waals surface area contributed by atoms with Crippen molar-refractivity contribution in [1.82, 2.24) is 20.1 Å². The average Bonchev–Trinajstić information content (AvgIpc) is 2.96. The number of rotatable bonds is 3. The highest BCUT2D eigenvalue weighted by Gasteiger charge is 2.44. The Morgan fingerprint density at radius 2 is 2.32 bits per heavy atom. The van der Waals surface area contributed by atoms with Gasteiger partial charge in [0.05, 0.1) is 30.9 Å². The van der Waals surface area contributed by atoms with Gasteiger partial charge >= 0.3 is 6.03 Å². The third kappa shape index (κ3) is 2.89. The molecule has 2 aliphatic rings. The van der Waals surface area contributed by atoms with Crippen molar-refractivity contribution in [2.75, 3.05) is 26.2 Å². The highest BCUT2D eigenvalue weighted by atomic mass is 16.5. The summed E-state index contributed by atoms with van der Waals surface area (Å²) >= 11 is 0. The van der Waals surface area contributed by atoms with Crippen molar-refractivity contribution in [3.63, 3.8) is 0 Å². The molecule has 0 bridgehead atoms. The number of carbonyl (C=O) groups excluding carboxylic acids is 2. The van der Waals surface area contributed by atoms with Gasteiger partial charge in [-0.3, -0.25) is 9.78 Å². The molecule has 22 heavy (non-hydrogen) atoms. The molecule has 3 heterocycles. The lowest BCUT2D eigenvalue weighted by molar-refractivity contribution is -0.154. The molecule has 0 aromatic carbocycles. The third-order valence-corrected chi connectivity index (χ3v) is 4.05. The molecule has 0 radical (unpaired) electrons. The second-order valence-electron chi connectivity index (χ2n) is 5.50. The predicted molar refractivity (Wildman–Crippen MR) is 79.0 cm³/mol. The summed E-state index contributed by atoms with van der Waals surface area (Å²) in [6.07, 6.45) is 1.59. The molecule has 7 heteroatoms. The van der Waals surface area contributed by atoms with Gasteiger partial charge in [-0.15, -0.1) is 0 Å². The van der Waals surface area contributed by atoms with Crippen LogP contribution in [-0.4, -0.2) is 65.1 Å². The van der Waals surface area contributed by atoms with Crippen molar-refractivity contribution < 1.29 is 14.3 Å². The number of nitrogens with zero attached hydrogens (tertiary/aromatic N) is 3. The molecule has 3 amide bonds. The van der Waals surface area contributed by atoms with Gasteiger partial charge in [0.2, 0.25) is 5.91 Å². The van der Waals surface area contributed by atoms with E-state index in [1.807, 2.05) is 25.1 Å². The topological polar surface area (TPSA) is 74.8 Å². The van der Waals surface area contributed by atoms with Gasteiger partial charge < -0.3 is 19.9 Å². The quantitative estimate of drug-likeness (QED) is 0.867. The Hall–Kier alpha value is -2.15. The fourth-order valence-electron chi connectivity index (χ4n) is 2.97. The number of hydrogen-bond donors (Lipinski definition) is 1. The summed E-state index contributed by atoms with van der Waals surface area (Å²) in [6.45, 7) is 4.00. The molecule has 7 nitrogen and oxygen atoms in total. The molecule has 1 aromatic rings. The standard InChI is InChI=1S/C15H20N4O3/c1-2-16-15(21)18-8-12-13(9-18)22-10-14(20)19(12)7-11-5-3-4-6-17-11/h3-6,12-13H,2,7-10H2,1H3,(H,16,21)/t12-,13+/m1/s1. The maximum Gasteiger partial charge on any atom is 0.317 e. The number of ether oxygens (including phenoxy) is 1. The van der Waals surface area contributed by atoms with Gasteiger partial charge in [-0.25, -0.2) is 4.79 Å². The van der Waals surface area contributed by atoms with Crippen molar-refractivity contribution >= 4 is 11.9 Å². The van der Waals surface area contributed by atoms with Crippen LogP contribution in [0.1, 0.15) is 12.6 Å². The predicted octanol–water partition coefficient (Wildman–Crippen LogP) is 0.223. The summed E-state index contributed by atoms with van der Waals surface area (Å²) in [7, 11) is 0. The van der Waals surface area contributed by atoms with Crippen LogP contribution in [0, 0.1) is 0 Å². The molecular weight excluding hydrogens is 284 g/mol. The Bertz CT molecular complexity index is 551. The fourth-order valence-corrected chi connectivity index (χ4v) is 2.97. The van der Waals surface area contributed by atoms with Gasteiger partial charge in [0.1, 0.15) is 6.61 Å². The Balaban J connectivity index is 1.72. The SMILES string of the molecule is CCNC(=O)N1C[C@@H]2OCC(=O)N(Cc3ccccn3)[C@@H]2C1. The maximum absolute atomic E-state index is 12.2. The van der Waals surface area contributed by atoms with Crippen molar-refractivity contribution in [3.05, 3.63) is 30.1 Å². The number of pyridine rings is 1. The first-order valence-electron chi connectivity index (χ1n) is 7.52. The highest BCUT2D eigenvalue weighted by molar-refractivity contribution is 5.79. The lowest BCUT2D eigenvalue weighted by Crippen LogP contribution is -2.53. The van der Waals surface area contributed by atoms with Gasteiger partial charge in [0.15, 0.2) is 0 Å². The first-order chi connectivity index (χ1) is 10.7. The lowest BCUT2D eigenvalue weighted by Gasteiger charge is -2.36. The van der Waals surface area contributed by atoms with Gasteiger partial charge in [0.25, 0.3) is 0 Å². The second kappa shape index (κ2) is 6.31. The van der Waals surface area contributed by atoms with E-state index in [0.29, 0.717) is 26.2 Å². The summed E-state index contributed by atoms with van der Waals surface area (Å²) in [5.74, 6) is -0.0512. The van der Waals surface area contributed by atoms with E-state index < -0.39 is 0 Å². The van der Waals surface area contributed by atoms with Crippen molar-refractivity contribution in [1.29, 1.82) is 0 Å². The van der Waals surface area contributed by atoms with Crippen molar-refractivity contribution in [3.8, 4) is 0 Å². The van der Waals surface area contributed by atoms with Gasteiger partial charge in [-0.05, 0) is 19.1 Å². The van der Waals surface area contributed by atoms with E-state index in [0.717, 1.165) is 5.69 Å². The minimum absolute atomic E-state index is 0.0512. The number of carbonyl (C=O) groups is 2. The normalized spacial score (nSPS) is 24.3. The first-order valence-corrected chi connectivity index (χ1v) is 7.52. The number of amides is 3. The van der Waals surface area contributed by atoms with Crippen LogP contribution in [0.5, 0.6) is 0 Å². The Labute approximate surface area is 129 Å². The van der Waals surface area contributed by atoms with Crippen LogP contribution in [-0.2, 0) is 16.1 Å². The molecule has 2 aliphatic heterocycles. The van der Waals surface area contributed by atoms with Gasteiger partial charge in [-0.2, -0.15) is 0 Å². The second-order valence-corrected chi connectivity index (χ2v) is 5.50. The van der Waals surface area contributed by atoms with E-state index in [-0.39, 0.29) is 30.7 Å². The zero-order valence-corrected chi connectivity index (χ0v) is 12.6. The average molecular weight is 304 g/mol. The molecule has 118 valence electrons. The summed E-state index contributed by atoms with van der Waals surface area (Å²) in [6, 6.07) is 5.44. The van der Waals surface area contributed by atoms with E-state index in [4.69, 9.17) is 4.74 Å². The van der Waals surface area contributed by atoms with Crippen LogP contribution in [0.15, 0.2) is 24.4 Å². The molecule has 0 saturated carbocycles. The summed E-state index contributed by atoms with van der Waals surface area (Å²) in [5, 5.41) is 2.79. The zero-order chi connectivity index (χ0) is 15.5. The number of morpholine rings is 1. The number of nitrogens with one attached hydrogen (secondary N) is 1. The number of aromatic nitrogens is 1. The first kappa shape index (κ1) is 14.8. The lowest BCUT2D eigenvalue weighted by atomic mass is 10.1. The molecule has 2 atom stereocenters. The van der Waals surface area contributed by atoms with E-state index in [2.05, 4.69) is 10.3 Å². The Kier molecular flexibility index (Phi) is 4.24. The molecule has 1 aromatic heterocycles. The zero-order valence-electron chi connectivity index (χ0n) is 12.6. The Morgan fingerprint density at radius 1 is 1.45 bits per heavy atom. The van der Waals surface area contributed by atoms with Crippen LogP contribution >= 0.6 is 0 Å². The number of likely N-dealkylation sites (tertiary alicyclic amines) is 1. The van der Waals surface area contributed by atoms with E-state index >= 15 is 0 Å². The Morgan fingerprint density at radius 3 is 3.05 bits per heavy atom. The van der Waals surface area contributed by atoms with E-state index in [9.17, 15) is 9.59 Å². The van der Waals surface area contributed by atoms with Gasteiger partial charge in [-0.1, -0.05) is 6.07 Å². The van der Waals surface area contributed by atoms with Crippen molar-refractivity contribution in [2.45, 2.75) is 25.6 Å². The smallest absolute Gasteiger partial charge is 0.317 e. The molecule has 3 rings (SSSR count). The minimum atomic E-state index is -0.121. The summed E-state index contributed by atoms with van der Waals surface area (Å²) in [5.41, 5.74) is 0.841. The van der Waals surface area contributed by atoms with Crippen LogP contribution in [0.3, 0.4) is 0 Å². The molecule has 2 fully saturated rings. The molecule has 1 N–H and O–H groups in total. The molecule has 2 saturated heterocycles. The number of fused-ring (bicyclic) bond motifs is 1. The van der Waals surface area contributed by atoms with Crippen molar-refractivity contribution in [2.24, 2.45) is 0 Å². The van der Waals surface area contributed by atoms with Gasteiger partial charge in [0, 0.05) is 19.3 Å². The minimum Gasteiger partial charge on any atom is -0.364 e. The van der Waals surface area contributed by atoms with Crippen LogP contribution in [0.4, 0.5) is 4.79 Å². The number of urea groups is 1. The monoisotopic (exact) mass is 304 g/mol. The van der Waals surface area contributed by atoms with Crippen LogP contribution in [0.2, 0.25) is 0 Å². The van der Waals surface area contributed by atoms with Crippen LogP contribution < -0.4 is 5.32 Å². The van der Waals surface area contributed by atoms with E-state index in [1.54, 1.807) is 16.0 Å². The largest absolute Gasteiger partial charge is 0.364 e. The molecular formula is C15H20N4O3. The fraction of sp³-hybridized carbons (Fsp3) is 0.533. The third-order valence-electron chi connectivity index (χ3n) is 4.05. The molecule has 0 unspecified atom stereocenters.